The summed E-state index contributed by atoms with van der Waals surface area (Å²) < 4.78 is 0. The molecular formula is C60H38. The smallest absolute Gasteiger partial charge is 0.00923 e. The molecule has 12 aromatic rings. The minimum atomic E-state index is 1.21. The van der Waals surface area contributed by atoms with Crippen molar-refractivity contribution in [3.05, 3.63) is 231 Å². The summed E-state index contributed by atoms with van der Waals surface area (Å²) in [6.45, 7) is 0. The van der Waals surface area contributed by atoms with Crippen molar-refractivity contribution < 1.29 is 0 Å². The lowest BCUT2D eigenvalue weighted by molar-refractivity contribution is 1.63. The fourth-order valence-corrected chi connectivity index (χ4v) is 9.49. The average molecular weight is 759 g/mol. The molecule has 0 spiro atoms. The molecule has 0 bridgehead atoms. The highest BCUT2D eigenvalue weighted by Crippen LogP contribution is 2.43. The van der Waals surface area contributed by atoms with Crippen LogP contribution in [0.2, 0.25) is 0 Å². The van der Waals surface area contributed by atoms with Crippen LogP contribution >= 0.6 is 0 Å². The van der Waals surface area contributed by atoms with Gasteiger partial charge in [-0.15, -0.1) is 0 Å². The van der Waals surface area contributed by atoms with Crippen LogP contribution in [-0.4, -0.2) is 0 Å². The van der Waals surface area contributed by atoms with Crippen molar-refractivity contribution in [3.63, 3.8) is 0 Å². The predicted molar refractivity (Wildman–Crippen MR) is 259 cm³/mol. The van der Waals surface area contributed by atoms with Crippen molar-refractivity contribution >= 4 is 64.6 Å². The van der Waals surface area contributed by atoms with Crippen LogP contribution in [0.1, 0.15) is 0 Å². The third-order valence-corrected chi connectivity index (χ3v) is 12.6. The summed E-state index contributed by atoms with van der Waals surface area (Å²) >= 11 is 0. The molecule has 0 amide bonds. The third kappa shape index (κ3) is 5.84. The highest BCUT2D eigenvalue weighted by Gasteiger charge is 2.16. The van der Waals surface area contributed by atoms with Gasteiger partial charge in [0.05, 0.1) is 0 Å². The zero-order valence-corrected chi connectivity index (χ0v) is 32.9. The highest BCUT2D eigenvalue weighted by atomic mass is 14.2. The van der Waals surface area contributed by atoms with E-state index in [0.29, 0.717) is 0 Å². The lowest BCUT2D eigenvalue weighted by Crippen LogP contribution is -1.90. The van der Waals surface area contributed by atoms with E-state index < -0.39 is 0 Å². The topological polar surface area (TPSA) is 0 Å². The van der Waals surface area contributed by atoms with Gasteiger partial charge in [-0.2, -0.15) is 0 Å². The van der Waals surface area contributed by atoms with Crippen LogP contribution in [0.3, 0.4) is 0 Å². The van der Waals surface area contributed by atoms with Crippen LogP contribution in [0.25, 0.3) is 120 Å². The van der Waals surface area contributed by atoms with E-state index in [-0.39, 0.29) is 0 Å². The fraction of sp³-hybridized carbons (Fsp3) is 0. The maximum absolute atomic E-state index is 2.44. The summed E-state index contributed by atoms with van der Waals surface area (Å²) in [4.78, 5) is 0. The molecule has 0 aliphatic rings. The first-order valence-electron chi connectivity index (χ1n) is 20.8. The summed E-state index contributed by atoms with van der Waals surface area (Å²) in [5.41, 5.74) is 12.3. The first-order valence-corrected chi connectivity index (χ1v) is 20.8. The number of benzene rings is 12. The van der Waals surface area contributed by atoms with Crippen LogP contribution in [0.4, 0.5) is 0 Å². The molecule has 0 atom stereocenters. The highest BCUT2D eigenvalue weighted by molar-refractivity contribution is 6.21. The van der Waals surface area contributed by atoms with Crippen molar-refractivity contribution in [3.8, 4) is 55.6 Å². The van der Waals surface area contributed by atoms with Gasteiger partial charge < -0.3 is 0 Å². The largest absolute Gasteiger partial charge is 0.0622 e. The molecule has 0 aliphatic carbocycles. The molecule has 60 heavy (non-hydrogen) atoms. The molecule has 0 saturated carbocycles. The molecule has 278 valence electrons. The monoisotopic (exact) mass is 758 g/mol. The van der Waals surface area contributed by atoms with Crippen molar-refractivity contribution in [1.29, 1.82) is 0 Å². The lowest BCUT2D eigenvalue weighted by atomic mass is 9.86. The molecular weight excluding hydrogens is 721 g/mol. The minimum absolute atomic E-state index is 1.21. The molecule has 0 radical (unpaired) electrons. The molecule has 0 heteroatoms. The Labute approximate surface area is 349 Å². The molecule has 0 nitrogen and oxygen atoms in total. The average Bonchev–Trinajstić information content (AvgIpc) is 3.33. The second kappa shape index (κ2) is 13.9. The third-order valence-electron chi connectivity index (χ3n) is 12.6. The van der Waals surface area contributed by atoms with E-state index >= 15 is 0 Å². The second-order valence-electron chi connectivity index (χ2n) is 16.1. The van der Waals surface area contributed by atoms with E-state index in [1.807, 2.05) is 0 Å². The summed E-state index contributed by atoms with van der Waals surface area (Å²) in [6.07, 6.45) is 0. The van der Waals surface area contributed by atoms with Gasteiger partial charge in [0.1, 0.15) is 0 Å². The predicted octanol–water partition coefficient (Wildman–Crippen LogP) is 16.9. The minimum Gasteiger partial charge on any atom is -0.0622 e. The summed E-state index contributed by atoms with van der Waals surface area (Å²) in [5.74, 6) is 0. The van der Waals surface area contributed by atoms with Gasteiger partial charge >= 0.3 is 0 Å². The van der Waals surface area contributed by atoms with Gasteiger partial charge in [0, 0.05) is 0 Å². The SMILES string of the molecule is c1ccc(-c2ccc3cc(-c4ccc5c(c4)cc(-c4cc6ccccc6c6ccccc46)c4cc(-c6ccc7cc(-c8ccccc8)ccc7c6)ccc45)ccc3c2)cc1. The Bertz CT molecular complexity index is 3630. The first kappa shape index (κ1) is 34.3. The molecule has 12 rings (SSSR count). The fourth-order valence-electron chi connectivity index (χ4n) is 9.49. The van der Waals surface area contributed by atoms with E-state index in [2.05, 4.69) is 231 Å². The van der Waals surface area contributed by atoms with Crippen molar-refractivity contribution in [1.82, 2.24) is 0 Å². The van der Waals surface area contributed by atoms with Crippen molar-refractivity contribution in [2.75, 3.05) is 0 Å². The lowest BCUT2D eigenvalue weighted by Gasteiger charge is -2.17. The molecule has 0 fully saturated rings. The van der Waals surface area contributed by atoms with Gasteiger partial charge in [0.25, 0.3) is 0 Å². The molecule has 12 aromatic carbocycles. The van der Waals surface area contributed by atoms with Crippen molar-refractivity contribution in [2.45, 2.75) is 0 Å². The Kier molecular flexibility index (Phi) is 7.96. The van der Waals surface area contributed by atoms with Crippen LogP contribution in [0, 0.1) is 0 Å². The zero-order chi connectivity index (χ0) is 39.6. The number of fused-ring (bicyclic) bond motifs is 8. The number of hydrogen-bond donors (Lipinski definition) is 0. The Morgan fingerprint density at radius 3 is 1.07 bits per heavy atom. The van der Waals surface area contributed by atoms with E-state index in [1.54, 1.807) is 0 Å². The van der Waals surface area contributed by atoms with E-state index in [9.17, 15) is 0 Å². The first-order chi connectivity index (χ1) is 29.7. The molecule has 0 aromatic heterocycles. The second-order valence-corrected chi connectivity index (χ2v) is 16.1. The molecule has 0 saturated heterocycles. The van der Waals surface area contributed by atoms with Crippen LogP contribution in [-0.2, 0) is 0 Å². The normalized spacial score (nSPS) is 11.7. The van der Waals surface area contributed by atoms with Gasteiger partial charge in [-0.3, -0.25) is 0 Å². The van der Waals surface area contributed by atoms with Gasteiger partial charge in [-0.05, 0) is 169 Å². The van der Waals surface area contributed by atoms with Crippen LogP contribution in [0.15, 0.2) is 231 Å². The quantitative estimate of drug-likeness (QED) is 0.153. The van der Waals surface area contributed by atoms with Gasteiger partial charge in [-0.25, -0.2) is 0 Å². The summed E-state index contributed by atoms with van der Waals surface area (Å²) in [5, 5.41) is 15.1. The maximum atomic E-state index is 2.44. The summed E-state index contributed by atoms with van der Waals surface area (Å²) in [6, 6.07) is 85.3. The van der Waals surface area contributed by atoms with Gasteiger partial charge in [0.15, 0.2) is 0 Å². The number of hydrogen-bond acceptors (Lipinski definition) is 0. The Hall–Kier alpha value is -7.80. The van der Waals surface area contributed by atoms with Crippen LogP contribution in [0.5, 0.6) is 0 Å². The van der Waals surface area contributed by atoms with E-state index in [0.717, 1.165) is 0 Å². The molecule has 0 heterocycles. The van der Waals surface area contributed by atoms with Crippen LogP contribution < -0.4 is 0 Å². The van der Waals surface area contributed by atoms with E-state index in [4.69, 9.17) is 0 Å². The molecule has 0 unspecified atom stereocenters. The summed E-state index contributed by atoms with van der Waals surface area (Å²) in [7, 11) is 0. The van der Waals surface area contributed by atoms with Gasteiger partial charge in [0.2, 0.25) is 0 Å². The maximum Gasteiger partial charge on any atom is -0.00923 e. The molecule has 0 aliphatic heterocycles. The standard InChI is InChI=1S/C60H38/c1-3-11-39(12-4-1)41-19-21-45-33-47(24-23-43(45)31-41)49-27-29-54-52(35-49)38-60(59-37-51-15-7-8-16-53(51)55-17-9-10-18-56(55)59)58-36-50(28-30-57(54)58)48-26-25-44-32-42(20-22-46(44)34-48)40-13-5-2-6-14-40/h1-38H. The Balaban J connectivity index is 1.03. The van der Waals surface area contributed by atoms with Crippen molar-refractivity contribution in [2.24, 2.45) is 0 Å². The Morgan fingerprint density at radius 2 is 0.500 bits per heavy atom. The number of rotatable bonds is 5. The Morgan fingerprint density at radius 1 is 0.150 bits per heavy atom. The zero-order valence-electron chi connectivity index (χ0n) is 32.9. The van der Waals surface area contributed by atoms with E-state index in [1.165, 1.54) is 120 Å². The molecule has 0 N–H and O–H groups in total. The van der Waals surface area contributed by atoms with Gasteiger partial charge in [-0.1, -0.05) is 182 Å².